The summed E-state index contributed by atoms with van der Waals surface area (Å²) in [6.45, 7) is 6.65. The van der Waals surface area contributed by atoms with Crippen LogP contribution in [0.4, 0.5) is 0 Å². The van der Waals surface area contributed by atoms with Gasteiger partial charge >= 0.3 is 5.97 Å². The van der Waals surface area contributed by atoms with Crippen LogP contribution in [0.2, 0.25) is 0 Å². The number of hydrogen-bond acceptors (Lipinski definition) is 1. The smallest absolute Gasteiger partial charge is 0.309 e. The highest BCUT2D eigenvalue weighted by atomic mass is 16.4. The highest BCUT2D eigenvalue weighted by Crippen LogP contribution is 2.37. The minimum atomic E-state index is -0.527. The van der Waals surface area contributed by atoms with Gasteiger partial charge in [-0.15, -0.1) is 0 Å². The molecular weight excluding hydrogens is 284 g/mol. The molecule has 0 rings (SSSR count). The SMILES string of the molecule is CCCCCCCC(CCCCCC)(CCCCCC)C(=O)O. The summed E-state index contributed by atoms with van der Waals surface area (Å²) in [5.41, 5.74) is -0.437. The van der Waals surface area contributed by atoms with Gasteiger partial charge in [-0.2, -0.15) is 0 Å². The average Bonchev–Trinajstić information content (AvgIpc) is 2.54. The molecule has 0 aliphatic rings. The Kier molecular flexibility index (Phi) is 14.7. The minimum absolute atomic E-state index is 0.437. The van der Waals surface area contributed by atoms with Gasteiger partial charge in [0.25, 0.3) is 0 Å². The molecular formula is C21H42O2. The van der Waals surface area contributed by atoms with Crippen molar-refractivity contribution in [3.63, 3.8) is 0 Å². The van der Waals surface area contributed by atoms with Crippen LogP contribution in [0.1, 0.15) is 124 Å². The van der Waals surface area contributed by atoms with Crippen molar-refractivity contribution < 1.29 is 9.90 Å². The van der Waals surface area contributed by atoms with Gasteiger partial charge in [-0.1, -0.05) is 104 Å². The van der Waals surface area contributed by atoms with Gasteiger partial charge in [-0.25, -0.2) is 0 Å². The third kappa shape index (κ3) is 10.8. The molecule has 2 nitrogen and oxygen atoms in total. The molecule has 0 amide bonds. The summed E-state index contributed by atoms with van der Waals surface area (Å²) >= 11 is 0. The van der Waals surface area contributed by atoms with Gasteiger partial charge in [0.2, 0.25) is 0 Å². The van der Waals surface area contributed by atoms with E-state index in [1.165, 1.54) is 64.2 Å². The quantitative estimate of drug-likeness (QED) is 0.283. The Morgan fingerprint density at radius 3 is 1.22 bits per heavy atom. The monoisotopic (exact) mass is 326 g/mol. The Bertz CT molecular complexity index is 261. The number of aliphatic carboxylic acids is 1. The summed E-state index contributed by atoms with van der Waals surface area (Å²) in [7, 11) is 0. The van der Waals surface area contributed by atoms with Crippen LogP contribution in [0.15, 0.2) is 0 Å². The Labute approximate surface area is 145 Å². The Hall–Kier alpha value is -0.530. The van der Waals surface area contributed by atoms with E-state index in [9.17, 15) is 9.90 Å². The maximum atomic E-state index is 12.1. The van der Waals surface area contributed by atoms with Crippen LogP contribution in [0.3, 0.4) is 0 Å². The second-order valence-corrected chi connectivity index (χ2v) is 7.37. The van der Waals surface area contributed by atoms with E-state index >= 15 is 0 Å². The summed E-state index contributed by atoms with van der Waals surface area (Å²) < 4.78 is 0. The molecule has 0 unspecified atom stereocenters. The third-order valence-corrected chi connectivity index (χ3v) is 5.23. The first kappa shape index (κ1) is 22.5. The summed E-state index contributed by atoms with van der Waals surface area (Å²) in [6, 6.07) is 0. The Morgan fingerprint density at radius 2 is 0.913 bits per heavy atom. The van der Waals surface area contributed by atoms with Crippen molar-refractivity contribution in [1.29, 1.82) is 0 Å². The van der Waals surface area contributed by atoms with Gasteiger partial charge in [0.15, 0.2) is 0 Å². The second-order valence-electron chi connectivity index (χ2n) is 7.37. The molecule has 23 heavy (non-hydrogen) atoms. The van der Waals surface area contributed by atoms with Crippen LogP contribution < -0.4 is 0 Å². The molecule has 0 aromatic carbocycles. The zero-order valence-corrected chi connectivity index (χ0v) is 16.2. The van der Waals surface area contributed by atoms with Gasteiger partial charge in [0.1, 0.15) is 0 Å². The summed E-state index contributed by atoms with van der Waals surface area (Å²) in [5, 5.41) is 9.94. The molecule has 0 aliphatic heterocycles. The normalized spacial score (nSPS) is 11.8. The van der Waals surface area contributed by atoms with Crippen molar-refractivity contribution in [3.05, 3.63) is 0 Å². The zero-order chi connectivity index (χ0) is 17.4. The average molecular weight is 327 g/mol. The zero-order valence-electron chi connectivity index (χ0n) is 16.2. The van der Waals surface area contributed by atoms with Crippen LogP contribution in [-0.2, 0) is 4.79 Å². The molecule has 0 atom stereocenters. The molecule has 0 fully saturated rings. The lowest BCUT2D eigenvalue weighted by molar-refractivity contribution is -0.150. The van der Waals surface area contributed by atoms with Crippen LogP contribution >= 0.6 is 0 Å². The van der Waals surface area contributed by atoms with Crippen molar-refractivity contribution in [2.45, 2.75) is 124 Å². The lowest BCUT2D eigenvalue weighted by atomic mass is 9.74. The molecule has 1 N–H and O–H groups in total. The molecule has 0 aromatic rings. The maximum absolute atomic E-state index is 12.1. The van der Waals surface area contributed by atoms with Crippen LogP contribution in [0, 0.1) is 5.41 Å². The summed E-state index contributed by atoms with van der Waals surface area (Å²) in [5.74, 6) is -0.527. The number of carboxylic acids is 1. The van der Waals surface area contributed by atoms with E-state index in [-0.39, 0.29) is 0 Å². The Morgan fingerprint density at radius 1 is 0.609 bits per heavy atom. The van der Waals surface area contributed by atoms with E-state index in [0.717, 1.165) is 38.5 Å². The van der Waals surface area contributed by atoms with Crippen molar-refractivity contribution in [1.82, 2.24) is 0 Å². The molecule has 0 spiro atoms. The van der Waals surface area contributed by atoms with Crippen molar-refractivity contribution >= 4 is 5.97 Å². The van der Waals surface area contributed by atoms with Crippen molar-refractivity contribution in [2.75, 3.05) is 0 Å². The first-order valence-electron chi connectivity index (χ1n) is 10.4. The minimum Gasteiger partial charge on any atom is -0.481 e. The predicted octanol–water partition coefficient (Wildman–Crippen LogP) is 7.36. The van der Waals surface area contributed by atoms with Gasteiger partial charge < -0.3 is 5.11 Å². The molecule has 0 saturated heterocycles. The fraction of sp³-hybridized carbons (Fsp3) is 0.952. The largest absolute Gasteiger partial charge is 0.481 e. The second kappa shape index (κ2) is 15.0. The highest BCUT2D eigenvalue weighted by Gasteiger charge is 2.36. The summed E-state index contributed by atoms with van der Waals surface area (Å²) in [6.07, 6.45) is 18.2. The molecule has 0 bridgehead atoms. The first-order chi connectivity index (χ1) is 11.1. The molecule has 0 aliphatic carbocycles. The lowest BCUT2D eigenvalue weighted by Crippen LogP contribution is -2.31. The standard InChI is InChI=1S/C21H42O2/c1-4-7-10-13-16-19-21(20(22)23,17-14-11-8-5-2)18-15-12-9-6-3/h4-19H2,1-3H3,(H,22,23). The molecule has 2 heteroatoms. The topological polar surface area (TPSA) is 37.3 Å². The summed E-state index contributed by atoms with van der Waals surface area (Å²) in [4.78, 5) is 12.1. The van der Waals surface area contributed by atoms with E-state index in [2.05, 4.69) is 20.8 Å². The van der Waals surface area contributed by atoms with Gasteiger partial charge in [0, 0.05) is 0 Å². The van der Waals surface area contributed by atoms with E-state index < -0.39 is 11.4 Å². The van der Waals surface area contributed by atoms with E-state index in [1.54, 1.807) is 0 Å². The number of hydrogen-bond donors (Lipinski definition) is 1. The van der Waals surface area contributed by atoms with E-state index in [0.29, 0.717) is 0 Å². The number of carboxylic acid groups (broad SMARTS) is 1. The fourth-order valence-corrected chi connectivity index (χ4v) is 3.54. The van der Waals surface area contributed by atoms with Gasteiger partial charge in [0.05, 0.1) is 5.41 Å². The maximum Gasteiger partial charge on any atom is 0.309 e. The lowest BCUT2D eigenvalue weighted by Gasteiger charge is -2.30. The van der Waals surface area contributed by atoms with Gasteiger partial charge in [-0.3, -0.25) is 4.79 Å². The predicted molar refractivity (Wildman–Crippen MR) is 101 cm³/mol. The number of unbranched alkanes of at least 4 members (excludes halogenated alkanes) is 10. The first-order valence-corrected chi connectivity index (χ1v) is 10.4. The van der Waals surface area contributed by atoms with Crippen LogP contribution in [0.5, 0.6) is 0 Å². The van der Waals surface area contributed by atoms with Gasteiger partial charge in [-0.05, 0) is 19.3 Å². The number of rotatable bonds is 17. The Balaban J connectivity index is 4.49. The molecule has 138 valence electrons. The molecule has 0 heterocycles. The van der Waals surface area contributed by atoms with Crippen molar-refractivity contribution in [3.8, 4) is 0 Å². The number of carbonyl (C=O) groups is 1. The molecule has 0 aromatic heterocycles. The highest BCUT2D eigenvalue weighted by molar-refractivity contribution is 5.74. The molecule has 0 saturated carbocycles. The van der Waals surface area contributed by atoms with Crippen molar-refractivity contribution in [2.24, 2.45) is 5.41 Å². The molecule has 0 radical (unpaired) electrons. The third-order valence-electron chi connectivity index (χ3n) is 5.23. The van der Waals surface area contributed by atoms with Crippen LogP contribution in [-0.4, -0.2) is 11.1 Å². The fourth-order valence-electron chi connectivity index (χ4n) is 3.54. The van der Waals surface area contributed by atoms with E-state index in [1.807, 2.05) is 0 Å². The van der Waals surface area contributed by atoms with E-state index in [4.69, 9.17) is 0 Å². The van der Waals surface area contributed by atoms with Crippen LogP contribution in [0.25, 0.3) is 0 Å².